The van der Waals surface area contributed by atoms with Crippen molar-refractivity contribution in [1.29, 1.82) is 0 Å². The molecule has 0 saturated carbocycles. The predicted octanol–water partition coefficient (Wildman–Crippen LogP) is 7.85. The van der Waals surface area contributed by atoms with Gasteiger partial charge < -0.3 is 0 Å². The molecule has 2 nitrogen and oxygen atoms in total. The molecular formula is C31H37ClO2. The fourth-order valence-corrected chi connectivity index (χ4v) is 5.11. The monoisotopic (exact) mass is 476 g/mol. The third kappa shape index (κ3) is 5.78. The van der Waals surface area contributed by atoms with Gasteiger partial charge >= 0.3 is 0 Å². The average molecular weight is 477 g/mol. The Labute approximate surface area is 210 Å². The maximum Gasteiger partial charge on any atom is 0.172 e. The zero-order chi connectivity index (χ0) is 25.0. The molecule has 1 aliphatic carbocycles. The highest BCUT2D eigenvalue weighted by atomic mass is 35.5. The number of hydrogen-bond donors (Lipinski definition) is 0. The molecule has 0 radical (unpaired) electrons. The zero-order valence-corrected chi connectivity index (χ0v) is 22.0. The molecule has 2 unspecified atom stereocenters. The summed E-state index contributed by atoms with van der Waals surface area (Å²) < 4.78 is 0. The zero-order valence-electron chi connectivity index (χ0n) is 21.3. The Kier molecular flexibility index (Phi) is 8.71. The molecule has 0 N–H and O–H groups in total. The first kappa shape index (κ1) is 26.2. The molecule has 3 rings (SSSR count). The van der Waals surface area contributed by atoms with Gasteiger partial charge in [-0.05, 0) is 105 Å². The number of ketones is 2. The van der Waals surface area contributed by atoms with E-state index in [1.54, 1.807) is 6.92 Å². The summed E-state index contributed by atoms with van der Waals surface area (Å²) in [5.41, 5.74) is 9.09. The summed E-state index contributed by atoms with van der Waals surface area (Å²) in [6.07, 6.45) is 7.66. The van der Waals surface area contributed by atoms with E-state index in [1.807, 2.05) is 12.1 Å². The summed E-state index contributed by atoms with van der Waals surface area (Å²) in [5.74, 6) is -0.747. The molecule has 0 bridgehead atoms. The number of Topliss-reactive ketones (excluding diaryl/α,β-unsaturated/α-hetero) is 2. The van der Waals surface area contributed by atoms with Gasteiger partial charge in [0.25, 0.3) is 0 Å². The van der Waals surface area contributed by atoms with Gasteiger partial charge in [0.15, 0.2) is 5.78 Å². The SMILES string of the molecule is C=C1C(C(=O)C(C)C(C)=O)=CCc2cc(C)c(C)cc2C1CCCCc1ccc(Cl)c(CC)c1. The number of aryl methyl sites for hydroxylation is 4. The smallest absolute Gasteiger partial charge is 0.172 e. The highest BCUT2D eigenvalue weighted by molar-refractivity contribution is 6.31. The number of halogens is 1. The number of carbonyl (C=O) groups excluding carboxylic acids is 2. The van der Waals surface area contributed by atoms with Gasteiger partial charge in [-0.25, -0.2) is 0 Å². The minimum Gasteiger partial charge on any atom is -0.299 e. The van der Waals surface area contributed by atoms with Crippen LogP contribution < -0.4 is 0 Å². The van der Waals surface area contributed by atoms with Crippen LogP contribution in [0.5, 0.6) is 0 Å². The van der Waals surface area contributed by atoms with Crippen molar-refractivity contribution < 1.29 is 9.59 Å². The van der Waals surface area contributed by atoms with Crippen molar-refractivity contribution in [1.82, 2.24) is 0 Å². The van der Waals surface area contributed by atoms with Crippen molar-refractivity contribution >= 4 is 23.2 Å². The lowest BCUT2D eigenvalue weighted by atomic mass is 9.80. The minimum atomic E-state index is -0.633. The molecule has 2 atom stereocenters. The normalized spacial score (nSPS) is 16.5. The van der Waals surface area contributed by atoms with Crippen LogP contribution >= 0.6 is 11.6 Å². The van der Waals surface area contributed by atoms with Crippen LogP contribution in [0.1, 0.15) is 79.3 Å². The fraction of sp³-hybridized carbons (Fsp3) is 0.419. The van der Waals surface area contributed by atoms with Crippen LogP contribution in [0.3, 0.4) is 0 Å². The highest BCUT2D eigenvalue weighted by Crippen LogP contribution is 2.40. The lowest BCUT2D eigenvalue weighted by Crippen LogP contribution is -2.22. The van der Waals surface area contributed by atoms with E-state index in [4.69, 9.17) is 11.6 Å². The minimum absolute atomic E-state index is 0.0857. The summed E-state index contributed by atoms with van der Waals surface area (Å²) in [7, 11) is 0. The molecular weight excluding hydrogens is 440 g/mol. The van der Waals surface area contributed by atoms with Crippen LogP contribution in [0.15, 0.2) is 54.1 Å². The van der Waals surface area contributed by atoms with E-state index in [-0.39, 0.29) is 17.5 Å². The summed E-state index contributed by atoms with van der Waals surface area (Å²) in [5, 5.41) is 0.840. The van der Waals surface area contributed by atoms with E-state index in [9.17, 15) is 9.59 Å². The third-order valence-corrected chi connectivity index (χ3v) is 7.76. The maximum absolute atomic E-state index is 13.2. The molecule has 34 heavy (non-hydrogen) atoms. The first-order valence-electron chi connectivity index (χ1n) is 12.4. The van der Waals surface area contributed by atoms with E-state index < -0.39 is 5.92 Å². The van der Waals surface area contributed by atoms with Crippen LogP contribution in [0, 0.1) is 19.8 Å². The molecule has 2 aromatic rings. The van der Waals surface area contributed by atoms with E-state index in [0.29, 0.717) is 12.0 Å². The van der Waals surface area contributed by atoms with Crippen molar-refractivity contribution in [2.45, 2.75) is 79.1 Å². The van der Waals surface area contributed by atoms with Crippen LogP contribution in [0.25, 0.3) is 0 Å². The van der Waals surface area contributed by atoms with Crippen molar-refractivity contribution in [2.75, 3.05) is 0 Å². The molecule has 0 aliphatic heterocycles. The summed E-state index contributed by atoms with van der Waals surface area (Å²) >= 11 is 6.28. The lowest BCUT2D eigenvalue weighted by molar-refractivity contribution is -0.128. The summed E-state index contributed by atoms with van der Waals surface area (Å²) in [6.45, 7) is 14.0. The van der Waals surface area contributed by atoms with E-state index >= 15 is 0 Å². The Morgan fingerprint density at radius 2 is 1.82 bits per heavy atom. The number of hydrogen-bond acceptors (Lipinski definition) is 2. The fourth-order valence-electron chi connectivity index (χ4n) is 4.86. The van der Waals surface area contributed by atoms with Crippen molar-refractivity contribution in [3.8, 4) is 0 Å². The number of carbonyl (C=O) groups is 2. The first-order valence-corrected chi connectivity index (χ1v) is 12.8. The Morgan fingerprint density at radius 3 is 2.50 bits per heavy atom. The quantitative estimate of drug-likeness (QED) is 0.272. The van der Waals surface area contributed by atoms with E-state index in [0.717, 1.165) is 42.7 Å². The van der Waals surface area contributed by atoms with Crippen LogP contribution in [0.4, 0.5) is 0 Å². The highest BCUT2D eigenvalue weighted by Gasteiger charge is 2.30. The van der Waals surface area contributed by atoms with Crippen LogP contribution in [-0.2, 0) is 28.9 Å². The van der Waals surface area contributed by atoms with Crippen LogP contribution in [-0.4, -0.2) is 11.6 Å². The first-order chi connectivity index (χ1) is 16.1. The molecule has 1 aliphatic rings. The molecule has 2 aromatic carbocycles. The number of allylic oxidation sites excluding steroid dienone is 3. The third-order valence-electron chi connectivity index (χ3n) is 7.39. The van der Waals surface area contributed by atoms with Crippen molar-refractivity contribution in [3.05, 3.63) is 92.5 Å². The van der Waals surface area contributed by atoms with Crippen LogP contribution in [0.2, 0.25) is 5.02 Å². The van der Waals surface area contributed by atoms with Gasteiger partial charge in [0.1, 0.15) is 5.78 Å². The van der Waals surface area contributed by atoms with Gasteiger partial charge in [-0.15, -0.1) is 0 Å². The average Bonchev–Trinajstić information content (AvgIpc) is 2.93. The topological polar surface area (TPSA) is 34.1 Å². The van der Waals surface area contributed by atoms with Gasteiger partial charge in [-0.1, -0.05) is 61.9 Å². The lowest BCUT2D eigenvalue weighted by Gasteiger charge is -2.23. The van der Waals surface area contributed by atoms with Gasteiger partial charge in [0.2, 0.25) is 0 Å². The Morgan fingerprint density at radius 1 is 1.12 bits per heavy atom. The molecule has 0 aromatic heterocycles. The number of rotatable bonds is 9. The molecule has 0 heterocycles. The molecule has 0 fully saturated rings. The van der Waals surface area contributed by atoms with E-state index in [2.05, 4.69) is 51.6 Å². The summed E-state index contributed by atoms with van der Waals surface area (Å²) in [4.78, 5) is 25.1. The van der Waals surface area contributed by atoms with Gasteiger partial charge in [0.05, 0.1) is 5.92 Å². The number of benzene rings is 2. The maximum atomic E-state index is 13.2. The second-order valence-electron chi connectivity index (χ2n) is 9.76. The Bertz CT molecular complexity index is 1140. The van der Waals surface area contributed by atoms with Gasteiger partial charge in [0, 0.05) is 16.5 Å². The van der Waals surface area contributed by atoms with Gasteiger partial charge in [-0.2, -0.15) is 0 Å². The van der Waals surface area contributed by atoms with Gasteiger partial charge in [-0.3, -0.25) is 9.59 Å². The number of unbranched alkanes of at least 4 members (excludes halogenated alkanes) is 1. The molecule has 0 amide bonds. The largest absolute Gasteiger partial charge is 0.299 e. The van der Waals surface area contributed by atoms with Crippen molar-refractivity contribution in [2.24, 2.45) is 5.92 Å². The number of fused-ring (bicyclic) bond motifs is 1. The Hall–Kier alpha value is -2.45. The molecule has 0 saturated heterocycles. The van der Waals surface area contributed by atoms with Crippen molar-refractivity contribution in [3.63, 3.8) is 0 Å². The van der Waals surface area contributed by atoms with E-state index in [1.165, 1.54) is 40.3 Å². The Balaban J connectivity index is 1.82. The second kappa shape index (κ2) is 11.3. The molecule has 180 valence electrons. The molecule has 0 spiro atoms. The standard InChI is InChI=1S/C31H37ClO2/c1-7-25-18-24(12-15-30(25)32)10-8-9-11-27-22(5)28(31(34)21(4)23(6)33)14-13-26-16-19(2)20(3)17-29(26)27/h12,14-18,21,27H,5,7-11,13H2,1-4,6H3. The summed E-state index contributed by atoms with van der Waals surface area (Å²) in [6, 6.07) is 10.9. The molecule has 3 heteroatoms. The predicted molar refractivity (Wildman–Crippen MR) is 143 cm³/mol. The second-order valence-corrected chi connectivity index (χ2v) is 10.2.